The van der Waals surface area contributed by atoms with Gasteiger partial charge >= 0.3 is 5.97 Å². The average molecular weight is 235 g/mol. The van der Waals surface area contributed by atoms with Crippen LogP contribution in [0, 0.1) is 0 Å². The third-order valence-corrected chi connectivity index (χ3v) is 3.18. The van der Waals surface area contributed by atoms with Gasteiger partial charge in [-0.05, 0) is 37.6 Å². The Bertz CT molecular complexity index is 399. The predicted octanol–water partition coefficient (Wildman–Crippen LogP) is 1.51. The summed E-state index contributed by atoms with van der Waals surface area (Å²) in [5.74, 6) is -0.985. The minimum absolute atomic E-state index is 0.194. The Kier molecular flexibility index (Phi) is 3.76. The topological polar surface area (TPSA) is 60.8 Å². The van der Waals surface area contributed by atoms with Crippen molar-refractivity contribution in [2.24, 2.45) is 0 Å². The number of carbonyl (C=O) groups is 1. The first-order valence-electron chi connectivity index (χ1n) is 5.91. The van der Waals surface area contributed by atoms with Crippen LogP contribution in [0.2, 0.25) is 0 Å². The molecule has 1 unspecified atom stereocenters. The van der Waals surface area contributed by atoms with E-state index in [2.05, 4.69) is 4.90 Å². The standard InChI is InChI=1S/C13H17NO3/c15-12(9-14-7-3-4-8-14)10-5-1-2-6-11(10)13(16)17/h1-2,5-6,12,15H,3-4,7-9H2,(H,16,17). The van der Waals surface area contributed by atoms with Crippen LogP contribution in [0.15, 0.2) is 24.3 Å². The maximum Gasteiger partial charge on any atom is 0.336 e. The highest BCUT2D eigenvalue weighted by Gasteiger charge is 2.20. The maximum absolute atomic E-state index is 11.0. The van der Waals surface area contributed by atoms with Gasteiger partial charge in [-0.1, -0.05) is 18.2 Å². The van der Waals surface area contributed by atoms with Crippen molar-refractivity contribution in [3.8, 4) is 0 Å². The molecule has 0 aromatic heterocycles. The summed E-state index contributed by atoms with van der Waals surface area (Å²) in [6.07, 6.45) is 1.60. The normalized spacial score (nSPS) is 18.2. The lowest BCUT2D eigenvalue weighted by atomic mass is 10.0. The van der Waals surface area contributed by atoms with Crippen LogP contribution in [0.4, 0.5) is 0 Å². The van der Waals surface area contributed by atoms with E-state index in [9.17, 15) is 9.90 Å². The highest BCUT2D eigenvalue weighted by atomic mass is 16.4. The monoisotopic (exact) mass is 235 g/mol. The molecule has 4 nitrogen and oxygen atoms in total. The Morgan fingerprint density at radius 1 is 1.29 bits per heavy atom. The molecule has 1 aromatic rings. The molecule has 1 atom stereocenters. The van der Waals surface area contributed by atoms with E-state index in [1.807, 2.05) is 0 Å². The molecule has 0 amide bonds. The number of benzene rings is 1. The quantitative estimate of drug-likeness (QED) is 0.830. The number of carboxylic acid groups (broad SMARTS) is 1. The van der Waals surface area contributed by atoms with Gasteiger partial charge in [0.05, 0.1) is 11.7 Å². The van der Waals surface area contributed by atoms with E-state index in [1.54, 1.807) is 18.2 Å². The smallest absolute Gasteiger partial charge is 0.336 e. The predicted molar refractivity (Wildman–Crippen MR) is 64.0 cm³/mol. The van der Waals surface area contributed by atoms with Crippen molar-refractivity contribution in [1.82, 2.24) is 4.90 Å². The Morgan fingerprint density at radius 3 is 2.59 bits per heavy atom. The van der Waals surface area contributed by atoms with E-state index in [0.29, 0.717) is 12.1 Å². The molecular weight excluding hydrogens is 218 g/mol. The molecule has 0 bridgehead atoms. The molecule has 92 valence electrons. The van der Waals surface area contributed by atoms with Crippen molar-refractivity contribution in [2.45, 2.75) is 18.9 Å². The van der Waals surface area contributed by atoms with Crippen LogP contribution in [0.1, 0.15) is 34.9 Å². The van der Waals surface area contributed by atoms with E-state index in [1.165, 1.54) is 6.07 Å². The number of aliphatic hydroxyl groups excluding tert-OH is 1. The molecule has 0 spiro atoms. The number of β-amino-alcohol motifs (C(OH)–C–C–N with tert-alkyl or cyclic N) is 1. The van der Waals surface area contributed by atoms with Gasteiger partial charge in [0.25, 0.3) is 0 Å². The zero-order chi connectivity index (χ0) is 12.3. The fourth-order valence-electron chi connectivity index (χ4n) is 2.29. The highest BCUT2D eigenvalue weighted by Crippen LogP contribution is 2.21. The Morgan fingerprint density at radius 2 is 1.94 bits per heavy atom. The number of nitrogens with zero attached hydrogens (tertiary/aromatic N) is 1. The summed E-state index contributed by atoms with van der Waals surface area (Å²) >= 11 is 0. The molecule has 1 saturated heterocycles. The third-order valence-electron chi connectivity index (χ3n) is 3.18. The van der Waals surface area contributed by atoms with Crippen molar-refractivity contribution >= 4 is 5.97 Å². The van der Waals surface area contributed by atoms with Gasteiger partial charge in [0.2, 0.25) is 0 Å². The molecule has 1 aromatic carbocycles. The maximum atomic E-state index is 11.0. The van der Waals surface area contributed by atoms with Crippen LogP contribution in [0.5, 0.6) is 0 Å². The largest absolute Gasteiger partial charge is 0.478 e. The van der Waals surface area contributed by atoms with Crippen molar-refractivity contribution in [3.63, 3.8) is 0 Å². The lowest BCUT2D eigenvalue weighted by Gasteiger charge is -2.20. The van der Waals surface area contributed by atoms with Gasteiger partial charge in [-0.15, -0.1) is 0 Å². The molecule has 2 N–H and O–H groups in total. The van der Waals surface area contributed by atoms with Crippen LogP contribution in [0.3, 0.4) is 0 Å². The second-order valence-electron chi connectivity index (χ2n) is 4.42. The summed E-state index contributed by atoms with van der Waals surface area (Å²) in [6.45, 7) is 2.50. The number of likely N-dealkylation sites (tertiary alicyclic amines) is 1. The summed E-state index contributed by atoms with van der Waals surface area (Å²) in [4.78, 5) is 13.2. The van der Waals surface area contributed by atoms with Gasteiger partial charge in [0.15, 0.2) is 0 Å². The SMILES string of the molecule is O=C(O)c1ccccc1C(O)CN1CCCC1. The summed E-state index contributed by atoms with van der Waals surface area (Å²) in [7, 11) is 0. The first-order valence-corrected chi connectivity index (χ1v) is 5.91. The fraction of sp³-hybridized carbons (Fsp3) is 0.462. The Balaban J connectivity index is 2.12. The van der Waals surface area contributed by atoms with E-state index < -0.39 is 12.1 Å². The molecule has 1 aliphatic rings. The van der Waals surface area contributed by atoms with Gasteiger partial charge in [0, 0.05) is 6.54 Å². The zero-order valence-electron chi connectivity index (χ0n) is 9.67. The molecule has 1 aliphatic heterocycles. The zero-order valence-corrected chi connectivity index (χ0v) is 9.67. The van der Waals surface area contributed by atoms with Crippen LogP contribution >= 0.6 is 0 Å². The summed E-state index contributed by atoms with van der Waals surface area (Å²) in [5.41, 5.74) is 0.700. The first-order chi connectivity index (χ1) is 8.18. The molecule has 1 heterocycles. The molecular formula is C13H17NO3. The van der Waals surface area contributed by atoms with Crippen molar-refractivity contribution in [3.05, 3.63) is 35.4 Å². The number of carboxylic acids is 1. The van der Waals surface area contributed by atoms with Gasteiger partial charge in [0.1, 0.15) is 0 Å². The van der Waals surface area contributed by atoms with Gasteiger partial charge in [-0.2, -0.15) is 0 Å². The lowest BCUT2D eigenvalue weighted by Crippen LogP contribution is -2.26. The molecule has 4 heteroatoms. The third kappa shape index (κ3) is 2.84. The van der Waals surface area contributed by atoms with Crippen LogP contribution < -0.4 is 0 Å². The molecule has 0 radical (unpaired) electrons. The molecule has 2 rings (SSSR count). The average Bonchev–Trinajstić information content (AvgIpc) is 2.81. The van der Waals surface area contributed by atoms with E-state index >= 15 is 0 Å². The van der Waals surface area contributed by atoms with E-state index in [-0.39, 0.29) is 5.56 Å². The number of aromatic carboxylic acids is 1. The van der Waals surface area contributed by atoms with Gasteiger partial charge in [-0.25, -0.2) is 4.79 Å². The fourth-order valence-corrected chi connectivity index (χ4v) is 2.29. The van der Waals surface area contributed by atoms with Crippen LogP contribution in [-0.4, -0.2) is 40.7 Å². The van der Waals surface area contributed by atoms with Gasteiger partial charge < -0.3 is 15.1 Å². The van der Waals surface area contributed by atoms with Crippen molar-refractivity contribution in [1.29, 1.82) is 0 Å². The number of hydrogen-bond donors (Lipinski definition) is 2. The number of hydrogen-bond acceptors (Lipinski definition) is 3. The van der Waals surface area contributed by atoms with Gasteiger partial charge in [-0.3, -0.25) is 0 Å². The Labute approximate surface area is 100 Å². The molecule has 17 heavy (non-hydrogen) atoms. The second-order valence-corrected chi connectivity index (χ2v) is 4.42. The van der Waals surface area contributed by atoms with Crippen molar-refractivity contribution in [2.75, 3.05) is 19.6 Å². The van der Waals surface area contributed by atoms with Crippen LogP contribution in [-0.2, 0) is 0 Å². The second kappa shape index (κ2) is 5.29. The molecule has 0 saturated carbocycles. The summed E-state index contributed by atoms with van der Waals surface area (Å²) < 4.78 is 0. The van der Waals surface area contributed by atoms with Crippen LogP contribution in [0.25, 0.3) is 0 Å². The lowest BCUT2D eigenvalue weighted by molar-refractivity contribution is 0.0684. The van der Waals surface area contributed by atoms with Crippen molar-refractivity contribution < 1.29 is 15.0 Å². The Hall–Kier alpha value is -1.39. The minimum Gasteiger partial charge on any atom is -0.478 e. The summed E-state index contributed by atoms with van der Waals surface area (Å²) in [5, 5.41) is 19.2. The van der Waals surface area contributed by atoms with E-state index in [0.717, 1.165) is 25.9 Å². The highest BCUT2D eigenvalue weighted by molar-refractivity contribution is 5.89. The molecule has 1 fully saturated rings. The van der Waals surface area contributed by atoms with E-state index in [4.69, 9.17) is 5.11 Å². The minimum atomic E-state index is -0.985. The summed E-state index contributed by atoms with van der Waals surface area (Å²) in [6, 6.07) is 6.65. The number of rotatable bonds is 4. The number of aliphatic hydroxyl groups is 1. The molecule has 0 aliphatic carbocycles. The first kappa shape index (κ1) is 12.1.